The minimum atomic E-state index is -0.0242. The first-order valence-corrected chi connectivity index (χ1v) is 11.4. The van der Waals surface area contributed by atoms with E-state index in [0.717, 1.165) is 57.7 Å². The highest BCUT2D eigenvalue weighted by atomic mass is 16.2. The van der Waals surface area contributed by atoms with Gasteiger partial charge >= 0.3 is 0 Å². The van der Waals surface area contributed by atoms with Gasteiger partial charge in [0, 0.05) is 37.4 Å². The van der Waals surface area contributed by atoms with E-state index in [0.29, 0.717) is 23.3 Å². The van der Waals surface area contributed by atoms with Crippen LogP contribution in [0.4, 0.5) is 0 Å². The van der Waals surface area contributed by atoms with Gasteiger partial charge < -0.3 is 10.2 Å². The van der Waals surface area contributed by atoms with E-state index in [1.165, 1.54) is 25.7 Å². The van der Waals surface area contributed by atoms with Crippen LogP contribution in [0.25, 0.3) is 0 Å². The molecule has 2 aliphatic heterocycles. The van der Waals surface area contributed by atoms with Gasteiger partial charge in [0.1, 0.15) is 0 Å². The Morgan fingerprint density at radius 1 is 1.10 bits per heavy atom. The van der Waals surface area contributed by atoms with E-state index in [4.69, 9.17) is 0 Å². The fourth-order valence-corrected chi connectivity index (χ4v) is 4.69. The van der Waals surface area contributed by atoms with Crippen molar-refractivity contribution in [3.63, 3.8) is 0 Å². The van der Waals surface area contributed by atoms with E-state index >= 15 is 0 Å². The lowest BCUT2D eigenvalue weighted by Gasteiger charge is -2.36. The number of nitrogens with zero attached hydrogens (tertiary/aromatic N) is 3. The van der Waals surface area contributed by atoms with Crippen molar-refractivity contribution < 1.29 is 9.59 Å². The van der Waals surface area contributed by atoms with Crippen molar-refractivity contribution in [3.8, 4) is 0 Å². The van der Waals surface area contributed by atoms with Gasteiger partial charge in [0.15, 0.2) is 0 Å². The zero-order valence-corrected chi connectivity index (χ0v) is 17.6. The van der Waals surface area contributed by atoms with Crippen molar-refractivity contribution in [2.75, 3.05) is 32.7 Å². The molecule has 29 heavy (non-hydrogen) atoms. The van der Waals surface area contributed by atoms with E-state index < -0.39 is 0 Å². The molecule has 1 unspecified atom stereocenters. The molecule has 1 atom stereocenters. The van der Waals surface area contributed by atoms with Crippen LogP contribution in [0.2, 0.25) is 0 Å². The molecular weight excluding hydrogens is 364 g/mol. The number of hydrogen-bond acceptors (Lipinski definition) is 4. The normalized spacial score (nSPS) is 21.9. The number of pyridine rings is 1. The first-order valence-electron chi connectivity index (χ1n) is 11.4. The number of carbonyl (C=O) groups excluding carboxylic acids is 2. The fourth-order valence-electron chi connectivity index (χ4n) is 4.69. The van der Waals surface area contributed by atoms with Gasteiger partial charge in [-0.1, -0.05) is 6.92 Å². The van der Waals surface area contributed by atoms with Gasteiger partial charge in [0.2, 0.25) is 5.91 Å². The first kappa shape index (κ1) is 20.3. The molecule has 6 nitrogen and oxygen atoms in total. The molecule has 4 rings (SSSR count). The van der Waals surface area contributed by atoms with Crippen molar-refractivity contribution in [3.05, 3.63) is 29.6 Å². The SMILES string of the molecule is CCC(C(=O)N1CCC(c2ccc(C(=O)NCC3CC3)cn2)CC1)N1CCCC1. The third kappa shape index (κ3) is 4.97. The number of carbonyl (C=O) groups is 2. The molecule has 1 aromatic heterocycles. The Bertz CT molecular complexity index is 702. The Kier molecular flexibility index (Phi) is 6.48. The van der Waals surface area contributed by atoms with Gasteiger partial charge in [0.05, 0.1) is 11.6 Å². The monoisotopic (exact) mass is 398 g/mol. The molecule has 3 heterocycles. The quantitative estimate of drug-likeness (QED) is 0.767. The summed E-state index contributed by atoms with van der Waals surface area (Å²) >= 11 is 0. The van der Waals surface area contributed by atoms with Gasteiger partial charge in [-0.25, -0.2) is 0 Å². The lowest BCUT2D eigenvalue weighted by molar-refractivity contribution is -0.137. The average molecular weight is 399 g/mol. The smallest absolute Gasteiger partial charge is 0.252 e. The van der Waals surface area contributed by atoms with Crippen LogP contribution in [0, 0.1) is 5.92 Å². The Balaban J connectivity index is 1.28. The Labute approximate surface area is 174 Å². The highest BCUT2D eigenvalue weighted by Gasteiger charge is 2.32. The second-order valence-electron chi connectivity index (χ2n) is 8.89. The number of rotatable bonds is 7. The van der Waals surface area contributed by atoms with E-state index in [2.05, 4.69) is 27.0 Å². The third-order valence-electron chi connectivity index (χ3n) is 6.77. The second kappa shape index (κ2) is 9.24. The van der Waals surface area contributed by atoms with Crippen LogP contribution in [0.1, 0.15) is 73.8 Å². The number of piperidine rings is 1. The minimum Gasteiger partial charge on any atom is -0.352 e. The molecule has 3 fully saturated rings. The first-order chi connectivity index (χ1) is 14.2. The number of amides is 2. The predicted octanol–water partition coefficient (Wildman–Crippen LogP) is 2.80. The van der Waals surface area contributed by atoms with Crippen LogP contribution in [-0.2, 0) is 4.79 Å². The molecule has 1 saturated carbocycles. The van der Waals surface area contributed by atoms with Crippen molar-refractivity contribution in [1.29, 1.82) is 0 Å². The molecule has 0 aromatic carbocycles. The molecule has 0 bridgehead atoms. The average Bonchev–Trinajstić information content (AvgIpc) is 3.45. The molecule has 2 saturated heterocycles. The van der Waals surface area contributed by atoms with Gasteiger partial charge in [-0.05, 0) is 76.1 Å². The van der Waals surface area contributed by atoms with Crippen LogP contribution in [0.5, 0.6) is 0 Å². The zero-order chi connectivity index (χ0) is 20.2. The summed E-state index contributed by atoms with van der Waals surface area (Å²) in [6.07, 6.45) is 9.38. The molecule has 6 heteroatoms. The predicted molar refractivity (Wildman–Crippen MR) is 113 cm³/mol. The number of nitrogens with one attached hydrogen (secondary N) is 1. The highest BCUT2D eigenvalue weighted by molar-refractivity contribution is 5.93. The van der Waals surface area contributed by atoms with E-state index in [1.807, 2.05) is 12.1 Å². The summed E-state index contributed by atoms with van der Waals surface area (Å²) in [5, 5.41) is 2.99. The highest BCUT2D eigenvalue weighted by Crippen LogP contribution is 2.29. The van der Waals surface area contributed by atoms with Crippen molar-refractivity contribution in [2.45, 2.75) is 63.8 Å². The van der Waals surface area contributed by atoms with Crippen LogP contribution in [0.15, 0.2) is 18.3 Å². The van der Waals surface area contributed by atoms with Gasteiger partial charge in [-0.15, -0.1) is 0 Å². The molecule has 2 amide bonds. The van der Waals surface area contributed by atoms with Gasteiger partial charge in [0.25, 0.3) is 5.91 Å². The maximum absolute atomic E-state index is 13.0. The lowest BCUT2D eigenvalue weighted by Crippen LogP contribution is -2.49. The Morgan fingerprint density at radius 3 is 2.41 bits per heavy atom. The van der Waals surface area contributed by atoms with Crippen molar-refractivity contribution in [1.82, 2.24) is 20.1 Å². The molecule has 3 aliphatic rings. The van der Waals surface area contributed by atoms with Crippen LogP contribution < -0.4 is 5.32 Å². The summed E-state index contributed by atoms with van der Waals surface area (Å²) < 4.78 is 0. The Morgan fingerprint density at radius 2 is 1.83 bits per heavy atom. The largest absolute Gasteiger partial charge is 0.352 e. The van der Waals surface area contributed by atoms with Crippen molar-refractivity contribution >= 4 is 11.8 Å². The van der Waals surface area contributed by atoms with E-state index in [9.17, 15) is 9.59 Å². The zero-order valence-electron chi connectivity index (χ0n) is 17.6. The molecule has 158 valence electrons. The third-order valence-corrected chi connectivity index (χ3v) is 6.77. The topological polar surface area (TPSA) is 65.5 Å². The van der Waals surface area contributed by atoms with Crippen LogP contribution in [-0.4, -0.2) is 65.4 Å². The maximum Gasteiger partial charge on any atom is 0.252 e. The fraction of sp³-hybridized carbons (Fsp3) is 0.696. The molecule has 1 N–H and O–H groups in total. The molecule has 1 aromatic rings. The number of aromatic nitrogens is 1. The Hall–Kier alpha value is -1.95. The maximum atomic E-state index is 13.0. The van der Waals surface area contributed by atoms with Gasteiger partial charge in [-0.3, -0.25) is 19.5 Å². The molecule has 0 spiro atoms. The standard InChI is InChI=1S/C23H34N4O2/c1-2-21(26-11-3-4-12-26)23(29)27-13-9-18(10-14-27)20-8-7-19(16-24-20)22(28)25-15-17-5-6-17/h7-8,16-18,21H,2-6,9-15H2,1H3,(H,25,28). The summed E-state index contributed by atoms with van der Waals surface area (Å²) in [5.41, 5.74) is 1.68. The summed E-state index contributed by atoms with van der Waals surface area (Å²) in [5.74, 6) is 1.33. The number of hydrogen-bond donors (Lipinski definition) is 1. The number of likely N-dealkylation sites (tertiary alicyclic amines) is 2. The molecule has 1 aliphatic carbocycles. The molecular formula is C23H34N4O2. The van der Waals surface area contributed by atoms with Crippen LogP contribution >= 0.6 is 0 Å². The summed E-state index contributed by atoms with van der Waals surface area (Å²) in [7, 11) is 0. The summed E-state index contributed by atoms with van der Waals surface area (Å²) in [6.45, 7) is 6.64. The van der Waals surface area contributed by atoms with E-state index in [-0.39, 0.29) is 11.9 Å². The summed E-state index contributed by atoms with van der Waals surface area (Å²) in [6, 6.07) is 3.94. The van der Waals surface area contributed by atoms with Crippen LogP contribution in [0.3, 0.4) is 0 Å². The molecule has 0 radical (unpaired) electrons. The second-order valence-corrected chi connectivity index (χ2v) is 8.89. The lowest BCUT2D eigenvalue weighted by atomic mass is 9.92. The van der Waals surface area contributed by atoms with Crippen molar-refractivity contribution in [2.24, 2.45) is 5.92 Å². The van der Waals surface area contributed by atoms with Gasteiger partial charge in [-0.2, -0.15) is 0 Å². The summed E-state index contributed by atoms with van der Waals surface area (Å²) in [4.78, 5) is 34.2. The minimum absolute atomic E-state index is 0.0242. The van der Waals surface area contributed by atoms with E-state index in [1.54, 1.807) is 6.20 Å².